The van der Waals surface area contributed by atoms with Crippen LogP contribution in [0.15, 0.2) is 24.3 Å². The topological polar surface area (TPSA) is 50.6 Å². The predicted octanol–water partition coefficient (Wildman–Crippen LogP) is 2.33. The third-order valence-corrected chi connectivity index (χ3v) is 5.65. The zero-order chi connectivity index (χ0) is 20.3. The lowest BCUT2D eigenvalue weighted by Gasteiger charge is -2.27. The zero-order valence-corrected chi connectivity index (χ0v) is 16.0. The number of nitriles is 1. The molecule has 5 nitrogen and oxygen atoms in total. The number of amides is 1. The van der Waals surface area contributed by atoms with Gasteiger partial charge in [-0.2, -0.15) is 18.4 Å². The Morgan fingerprint density at radius 1 is 1.14 bits per heavy atom. The Bertz CT molecular complexity index is 728. The normalized spacial score (nSPS) is 24.8. The van der Waals surface area contributed by atoms with Crippen molar-refractivity contribution in [3.63, 3.8) is 0 Å². The molecule has 0 radical (unpaired) electrons. The smallest absolute Gasteiger partial charge is 0.341 e. The molecule has 0 aliphatic carbocycles. The van der Waals surface area contributed by atoms with E-state index in [1.54, 1.807) is 34.1 Å². The minimum absolute atomic E-state index is 0.106. The predicted molar refractivity (Wildman–Crippen MR) is 98.2 cm³/mol. The van der Waals surface area contributed by atoms with Gasteiger partial charge in [-0.25, -0.2) is 0 Å². The van der Waals surface area contributed by atoms with Crippen LogP contribution in [0.2, 0.25) is 0 Å². The van der Waals surface area contributed by atoms with Gasteiger partial charge in [-0.05, 0) is 37.7 Å². The number of rotatable bonds is 3. The molecule has 28 heavy (non-hydrogen) atoms. The molecule has 1 aromatic carbocycles. The maximum absolute atomic E-state index is 13.6. The minimum Gasteiger partial charge on any atom is -0.341 e. The number of benzene rings is 1. The molecule has 2 saturated heterocycles. The molecule has 1 aromatic rings. The lowest BCUT2D eigenvalue weighted by atomic mass is 9.94. The summed E-state index contributed by atoms with van der Waals surface area (Å²) in [6.45, 7) is 2.80. The van der Waals surface area contributed by atoms with Gasteiger partial charge in [0, 0.05) is 39.3 Å². The van der Waals surface area contributed by atoms with Gasteiger partial charge in [0.05, 0.1) is 23.5 Å². The highest BCUT2D eigenvalue weighted by atomic mass is 19.4. The summed E-state index contributed by atoms with van der Waals surface area (Å²) in [6.07, 6.45) is -3.62. The van der Waals surface area contributed by atoms with E-state index in [2.05, 4.69) is 4.90 Å². The zero-order valence-electron chi connectivity index (χ0n) is 16.0. The fraction of sp³-hybridized carbons (Fsp3) is 0.600. The molecular formula is C20H25F3N4O. The molecule has 2 heterocycles. The first-order chi connectivity index (χ1) is 13.3. The highest BCUT2D eigenvalue weighted by Crippen LogP contribution is 2.39. The van der Waals surface area contributed by atoms with Crippen molar-refractivity contribution in [1.82, 2.24) is 14.7 Å². The summed E-state index contributed by atoms with van der Waals surface area (Å²) in [4.78, 5) is 18.4. The standard InChI is InChI=1S/C20H25F3N4O/c1-25-7-2-8-27(10-9-25)19(28)17-13-26(14-18(17)20(21,22)23)12-16-5-3-15(11-24)4-6-16/h3-6,17-18H,2,7-10,12-14H2,1H3/t17-,18-/m1/s1. The van der Waals surface area contributed by atoms with E-state index in [1.807, 2.05) is 13.1 Å². The summed E-state index contributed by atoms with van der Waals surface area (Å²) in [5.41, 5.74) is 1.35. The van der Waals surface area contributed by atoms with Gasteiger partial charge < -0.3 is 9.80 Å². The maximum Gasteiger partial charge on any atom is 0.393 e. The Balaban J connectivity index is 1.71. The third-order valence-electron chi connectivity index (χ3n) is 5.65. The highest BCUT2D eigenvalue weighted by molar-refractivity contribution is 5.80. The van der Waals surface area contributed by atoms with Gasteiger partial charge in [-0.15, -0.1) is 0 Å². The van der Waals surface area contributed by atoms with Crippen LogP contribution in [-0.2, 0) is 11.3 Å². The van der Waals surface area contributed by atoms with Gasteiger partial charge in [0.25, 0.3) is 0 Å². The summed E-state index contributed by atoms with van der Waals surface area (Å²) >= 11 is 0. The molecule has 0 aromatic heterocycles. The Morgan fingerprint density at radius 3 is 2.50 bits per heavy atom. The van der Waals surface area contributed by atoms with Crippen molar-refractivity contribution in [2.24, 2.45) is 11.8 Å². The summed E-state index contributed by atoms with van der Waals surface area (Å²) in [6, 6.07) is 8.84. The van der Waals surface area contributed by atoms with E-state index < -0.39 is 18.0 Å². The van der Waals surface area contributed by atoms with E-state index in [1.165, 1.54) is 0 Å². The van der Waals surface area contributed by atoms with Crippen molar-refractivity contribution < 1.29 is 18.0 Å². The first-order valence-corrected chi connectivity index (χ1v) is 9.53. The van der Waals surface area contributed by atoms with Crippen molar-refractivity contribution in [3.8, 4) is 6.07 Å². The van der Waals surface area contributed by atoms with E-state index >= 15 is 0 Å². The molecule has 0 unspecified atom stereocenters. The van der Waals surface area contributed by atoms with Crippen molar-refractivity contribution in [2.45, 2.75) is 19.1 Å². The Hall–Kier alpha value is -2.11. The summed E-state index contributed by atoms with van der Waals surface area (Å²) < 4.78 is 40.9. The number of carbonyl (C=O) groups excluding carboxylic acids is 1. The number of nitrogens with zero attached hydrogens (tertiary/aromatic N) is 4. The summed E-state index contributed by atoms with van der Waals surface area (Å²) in [7, 11) is 1.96. The summed E-state index contributed by atoms with van der Waals surface area (Å²) in [5, 5.41) is 8.86. The van der Waals surface area contributed by atoms with Crippen molar-refractivity contribution in [3.05, 3.63) is 35.4 Å². The number of hydrogen-bond donors (Lipinski definition) is 0. The van der Waals surface area contributed by atoms with Crippen LogP contribution in [0.5, 0.6) is 0 Å². The number of alkyl halides is 3. The van der Waals surface area contributed by atoms with E-state index in [4.69, 9.17) is 5.26 Å². The second kappa shape index (κ2) is 8.50. The van der Waals surface area contributed by atoms with Gasteiger partial charge in [-0.1, -0.05) is 12.1 Å². The second-order valence-electron chi connectivity index (χ2n) is 7.74. The van der Waals surface area contributed by atoms with Gasteiger partial charge in [0.2, 0.25) is 5.91 Å². The molecule has 152 valence electrons. The second-order valence-corrected chi connectivity index (χ2v) is 7.74. The molecule has 0 N–H and O–H groups in total. The van der Waals surface area contributed by atoms with Crippen LogP contribution in [0.4, 0.5) is 13.2 Å². The largest absolute Gasteiger partial charge is 0.393 e. The lowest BCUT2D eigenvalue weighted by molar-refractivity contribution is -0.186. The van der Waals surface area contributed by atoms with Crippen LogP contribution in [0, 0.1) is 23.2 Å². The molecule has 3 rings (SSSR count). The Labute approximate surface area is 163 Å². The van der Waals surface area contributed by atoms with E-state index in [0.29, 0.717) is 31.7 Å². The first kappa shape index (κ1) is 20.6. The number of halogens is 3. The fourth-order valence-electron chi connectivity index (χ4n) is 4.04. The number of likely N-dealkylation sites (N-methyl/N-ethyl adjacent to an activating group) is 1. The Kier molecular flexibility index (Phi) is 6.26. The maximum atomic E-state index is 13.6. The van der Waals surface area contributed by atoms with Crippen molar-refractivity contribution in [2.75, 3.05) is 46.3 Å². The Morgan fingerprint density at radius 2 is 1.86 bits per heavy atom. The lowest BCUT2D eigenvalue weighted by Crippen LogP contribution is -2.44. The fourth-order valence-corrected chi connectivity index (χ4v) is 4.04. The average Bonchev–Trinajstić information content (AvgIpc) is 2.97. The van der Waals surface area contributed by atoms with Crippen LogP contribution in [0.25, 0.3) is 0 Å². The van der Waals surface area contributed by atoms with Crippen molar-refractivity contribution >= 4 is 5.91 Å². The molecule has 0 spiro atoms. The molecule has 2 fully saturated rings. The van der Waals surface area contributed by atoms with E-state index in [9.17, 15) is 18.0 Å². The van der Waals surface area contributed by atoms with Gasteiger partial charge in [0.15, 0.2) is 0 Å². The molecule has 2 aliphatic heterocycles. The van der Waals surface area contributed by atoms with E-state index in [0.717, 1.165) is 18.5 Å². The molecule has 2 aliphatic rings. The third kappa shape index (κ3) is 4.83. The van der Waals surface area contributed by atoms with Gasteiger partial charge in [-0.3, -0.25) is 9.69 Å². The van der Waals surface area contributed by atoms with Crippen LogP contribution >= 0.6 is 0 Å². The SMILES string of the molecule is CN1CCCN(C(=O)[C@@H]2CN(Cc3ccc(C#N)cc3)C[C@H]2C(F)(F)F)CC1. The molecule has 2 atom stereocenters. The molecule has 0 saturated carbocycles. The first-order valence-electron chi connectivity index (χ1n) is 9.53. The van der Waals surface area contributed by atoms with Crippen LogP contribution < -0.4 is 0 Å². The number of carbonyl (C=O) groups is 1. The minimum atomic E-state index is -4.40. The molecule has 1 amide bonds. The average molecular weight is 394 g/mol. The monoisotopic (exact) mass is 394 g/mol. The van der Waals surface area contributed by atoms with Crippen molar-refractivity contribution in [1.29, 1.82) is 5.26 Å². The molecule has 8 heteroatoms. The van der Waals surface area contributed by atoms with Gasteiger partial charge >= 0.3 is 6.18 Å². The molecule has 0 bridgehead atoms. The quantitative estimate of drug-likeness (QED) is 0.790. The van der Waals surface area contributed by atoms with Crippen LogP contribution in [0.1, 0.15) is 17.5 Å². The van der Waals surface area contributed by atoms with Gasteiger partial charge in [0.1, 0.15) is 0 Å². The number of likely N-dealkylation sites (tertiary alicyclic amines) is 1. The summed E-state index contributed by atoms with van der Waals surface area (Å²) in [5.74, 6) is -3.07. The van der Waals surface area contributed by atoms with Crippen LogP contribution in [0.3, 0.4) is 0 Å². The molecular weight excluding hydrogens is 369 g/mol. The van der Waals surface area contributed by atoms with E-state index in [-0.39, 0.29) is 19.0 Å². The van der Waals surface area contributed by atoms with Crippen LogP contribution in [-0.4, -0.2) is 73.1 Å². The number of hydrogen-bond acceptors (Lipinski definition) is 4. The highest BCUT2D eigenvalue weighted by Gasteiger charge is 2.53.